The van der Waals surface area contributed by atoms with Crippen LogP contribution in [-0.4, -0.2) is 17.7 Å². The molecule has 2 aromatic carbocycles. The highest BCUT2D eigenvalue weighted by Gasteiger charge is 2.27. The molecule has 0 aliphatic heterocycles. The summed E-state index contributed by atoms with van der Waals surface area (Å²) in [7, 11) is 0. The maximum absolute atomic E-state index is 13.8. The van der Waals surface area contributed by atoms with Gasteiger partial charge in [-0.1, -0.05) is 53.1 Å². The summed E-state index contributed by atoms with van der Waals surface area (Å²) in [4.78, 5) is 0. The highest BCUT2D eigenvalue weighted by Crippen LogP contribution is 2.34. The van der Waals surface area contributed by atoms with E-state index in [9.17, 15) is 8.78 Å². The molecule has 2 N–H and O–H groups in total. The molecule has 1 heterocycles. The monoisotopic (exact) mass is 517 g/mol. The second-order valence-corrected chi connectivity index (χ2v) is 9.81. The van der Waals surface area contributed by atoms with E-state index in [0.717, 1.165) is 50.3 Å². The van der Waals surface area contributed by atoms with Crippen molar-refractivity contribution >= 4 is 34.7 Å². The van der Waals surface area contributed by atoms with Crippen LogP contribution in [0.3, 0.4) is 0 Å². The van der Waals surface area contributed by atoms with Crippen LogP contribution in [0, 0.1) is 5.92 Å². The summed E-state index contributed by atoms with van der Waals surface area (Å²) in [5.74, 6) is -1.76. The first-order valence-corrected chi connectivity index (χ1v) is 12.3. The van der Waals surface area contributed by atoms with Gasteiger partial charge in [0, 0.05) is 35.7 Å². The van der Waals surface area contributed by atoms with E-state index in [4.69, 9.17) is 27.7 Å². The van der Waals surface area contributed by atoms with E-state index in [1.807, 2.05) is 24.3 Å². The number of anilines is 1. The summed E-state index contributed by atoms with van der Waals surface area (Å²) < 4.78 is 32.8. The summed E-state index contributed by atoms with van der Waals surface area (Å²) in [6.07, 6.45) is 5.50. The Hall–Kier alpha value is -2.79. The molecule has 0 spiro atoms. The molecule has 184 valence electrons. The second kappa shape index (κ2) is 10.9. The van der Waals surface area contributed by atoms with Crippen LogP contribution >= 0.6 is 23.2 Å². The lowest BCUT2D eigenvalue weighted by Gasteiger charge is -2.30. The topological polar surface area (TPSA) is 50.1 Å². The number of halogens is 4. The number of nitrogens with one attached hydrogen (secondary N) is 2. The van der Waals surface area contributed by atoms with E-state index in [2.05, 4.69) is 28.1 Å². The molecule has 4 rings (SSSR count). The summed E-state index contributed by atoms with van der Waals surface area (Å²) in [5, 5.41) is 12.0. The predicted molar refractivity (Wildman–Crippen MR) is 138 cm³/mol. The van der Waals surface area contributed by atoms with Crippen LogP contribution < -0.4 is 10.6 Å². The van der Waals surface area contributed by atoms with Crippen LogP contribution in [0.2, 0.25) is 10.0 Å². The van der Waals surface area contributed by atoms with Gasteiger partial charge in [-0.15, -0.1) is 5.73 Å². The summed E-state index contributed by atoms with van der Waals surface area (Å²) in [6, 6.07) is 12.0. The van der Waals surface area contributed by atoms with Crippen LogP contribution in [0.5, 0.6) is 0 Å². The number of hydrogen-bond acceptors (Lipinski definition) is 4. The third-order valence-corrected chi connectivity index (χ3v) is 6.98. The minimum Gasteiger partial charge on any atom is -0.375 e. The molecule has 1 aromatic heterocycles. The van der Waals surface area contributed by atoms with E-state index in [1.54, 1.807) is 6.26 Å². The molecule has 0 atom stereocenters. The van der Waals surface area contributed by atoms with Gasteiger partial charge in [-0.3, -0.25) is 0 Å². The smallest absolute Gasteiger partial charge is 0.270 e. The van der Waals surface area contributed by atoms with Gasteiger partial charge in [0.1, 0.15) is 6.26 Å². The molecular formula is C27H27Cl2F2N3O. The summed E-state index contributed by atoms with van der Waals surface area (Å²) in [6.45, 7) is 5.40. The molecule has 8 heteroatoms. The van der Waals surface area contributed by atoms with Gasteiger partial charge in [-0.25, -0.2) is 8.78 Å². The van der Waals surface area contributed by atoms with Crippen molar-refractivity contribution in [3.63, 3.8) is 0 Å². The van der Waals surface area contributed by atoms with Gasteiger partial charge in [-0.2, -0.15) is 0 Å². The zero-order chi connectivity index (χ0) is 25.0. The summed E-state index contributed by atoms with van der Waals surface area (Å²) in [5.41, 5.74) is 5.69. The zero-order valence-electron chi connectivity index (χ0n) is 19.4. The van der Waals surface area contributed by atoms with Crippen LogP contribution in [0.1, 0.15) is 43.7 Å². The Kier molecular flexibility index (Phi) is 7.85. The van der Waals surface area contributed by atoms with Gasteiger partial charge in [0.25, 0.3) is 5.92 Å². The fraction of sp³-hybridized carbons (Fsp3) is 0.333. The lowest BCUT2D eigenvalue weighted by atomic mass is 9.85. The van der Waals surface area contributed by atoms with E-state index >= 15 is 0 Å². The first-order chi connectivity index (χ1) is 16.7. The molecule has 0 bridgehead atoms. The van der Waals surface area contributed by atoms with Gasteiger partial charge >= 0.3 is 0 Å². The first kappa shape index (κ1) is 25.3. The Labute approximate surface area is 214 Å². The number of rotatable bonds is 8. The molecule has 1 saturated carbocycles. The molecule has 0 unspecified atom stereocenters. The standard InChI is InChI=1S/C27H27Cl2F2N3O/c1-3-25(22-14-19(27(2,30)31)8-13-24(22)29)33-21-11-4-17(5-12-21)15-32-26-23(16-35-34-26)18-6-9-20(28)10-7-18/h6-10,13-14,16-17,21,33H,1,4-5,11-12,15H2,2H3,(H,32,34). The largest absolute Gasteiger partial charge is 0.375 e. The van der Waals surface area contributed by atoms with Crippen molar-refractivity contribution < 1.29 is 13.3 Å². The third-order valence-electron chi connectivity index (χ3n) is 6.40. The number of benzene rings is 2. The molecule has 1 aliphatic rings. The maximum Gasteiger partial charge on any atom is 0.270 e. The highest BCUT2D eigenvalue weighted by molar-refractivity contribution is 6.32. The zero-order valence-corrected chi connectivity index (χ0v) is 20.9. The summed E-state index contributed by atoms with van der Waals surface area (Å²) >= 11 is 12.3. The average molecular weight is 518 g/mol. The molecule has 35 heavy (non-hydrogen) atoms. The number of alkyl halides is 2. The first-order valence-electron chi connectivity index (χ1n) is 11.5. The van der Waals surface area contributed by atoms with Crippen LogP contribution in [0.4, 0.5) is 14.6 Å². The lowest BCUT2D eigenvalue weighted by molar-refractivity contribution is 0.0174. The molecule has 3 aromatic rings. The van der Waals surface area contributed by atoms with Crippen LogP contribution in [0.25, 0.3) is 16.8 Å². The quantitative estimate of drug-likeness (QED) is 0.296. The van der Waals surface area contributed by atoms with Crippen molar-refractivity contribution in [3.8, 4) is 11.1 Å². The van der Waals surface area contributed by atoms with E-state index in [1.165, 1.54) is 18.2 Å². The Morgan fingerprint density at radius 2 is 1.86 bits per heavy atom. The molecule has 0 radical (unpaired) electrons. The SMILES string of the molecule is C=C=C(NC1CCC(CNc2nocc2-c2ccc(Cl)cc2)CC1)c1cc(C(C)(F)F)ccc1Cl. The molecule has 1 fully saturated rings. The highest BCUT2D eigenvalue weighted by atomic mass is 35.5. The molecule has 0 amide bonds. The van der Waals surface area contributed by atoms with Gasteiger partial charge in [0.05, 0.1) is 16.3 Å². The maximum atomic E-state index is 13.8. The Balaban J connectivity index is 1.33. The predicted octanol–water partition coefficient (Wildman–Crippen LogP) is 8.15. The van der Waals surface area contributed by atoms with Crippen molar-refractivity contribution in [2.75, 3.05) is 11.9 Å². The Bertz CT molecular complexity index is 1210. The molecule has 4 nitrogen and oxygen atoms in total. The van der Waals surface area contributed by atoms with E-state index in [0.29, 0.717) is 33.0 Å². The molecule has 1 aliphatic carbocycles. The normalized spacial score (nSPS) is 18.1. The van der Waals surface area contributed by atoms with Gasteiger partial charge in [0.2, 0.25) is 0 Å². The van der Waals surface area contributed by atoms with Gasteiger partial charge in [0.15, 0.2) is 5.82 Å². The second-order valence-electron chi connectivity index (χ2n) is 8.96. The Morgan fingerprint density at radius 1 is 1.14 bits per heavy atom. The fourth-order valence-electron chi connectivity index (χ4n) is 4.37. The van der Waals surface area contributed by atoms with Gasteiger partial charge < -0.3 is 15.2 Å². The van der Waals surface area contributed by atoms with Crippen LogP contribution in [0.15, 0.2) is 65.6 Å². The molecular weight excluding hydrogens is 491 g/mol. The number of aromatic nitrogens is 1. The average Bonchev–Trinajstić information content (AvgIpc) is 3.31. The number of nitrogens with zero attached hydrogens (tertiary/aromatic N) is 1. The fourth-order valence-corrected chi connectivity index (χ4v) is 4.71. The minimum atomic E-state index is -2.95. The number of hydrogen-bond donors (Lipinski definition) is 2. The third kappa shape index (κ3) is 6.26. The molecule has 0 saturated heterocycles. The van der Waals surface area contributed by atoms with E-state index < -0.39 is 5.92 Å². The van der Waals surface area contributed by atoms with E-state index in [-0.39, 0.29) is 11.6 Å². The van der Waals surface area contributed by atoms with Crippen molar-refractivity contribution in [1.82, 2.24) is 10.5 Å². The van der Waals surface area contributed by atoms with Gasteiger partial charge in [-0.05, 0) is 61.4 Å². The lowest BCUT2D eigenvalue weighted by Crippen LogP contribution is -2.33. The Morgan fingerprint density at radius 3 is 2.51 bits per heavy atom. The van der Waals surface area contributed by atoms with Crippen molar-refractivity contribution in [1.29, 1.82) is 0 Å². The van der Waals surface area contributed by atoms with Crippen molar-refractivity contribution in [2.45, 2.75) is 44.6 Å². The van der Waals surface area contributed by atoms with Crippen molar-refractivity contribution in [3.05, 3.63) is 82.2 Å². The van der Waals surface area contributed by atoms with Crippen LogP contribution in [-0.2, 0) is 5.92 Å². The van der Waals surface area contributed by atoms with Crippen molar-refractivity contribution in [2.24, 2.45) is 5.92 Å². The minimum absolute atomic E-state index is 0.0907.